The quantitative estimate of drug-likeness (QED) is 0.767. The Labute approximate surface area is 77.2 Å². The van der Waals surface area contributed by atoms with Crippen LogP contribution in [0, 0.1) is 0 Å². The number of halogens is 2. The first-order valence-corrected chi connectivity index (χ1v) is 3.72. The molecule has 76 valence electrons. The Morgan fingerprint density at radius 1 is 1.57 bits per heavy atom. The molecule has 0 spiro atoms. The summed E-state index contributed by atoms with van der Waals surface area (Å²) in [5, 5.41) is 8.37. The van der Waals surface area contributed by atoms with Crippen LogP contribution in [0.2, 0.25) is 0 Å². The molecule has 1 rings (SSSR count). The van der Waals surface area contributed by atoms with Crippen molar-refractivity contribution in [3.63, 3.8) is 0 Å². The number of hydrogen-bond donors (Lipinski definition) is 2. The molecule has 6 heteroatoms. The van der Waals surface area contributed by atoms with Gasteiger partial charge in [-0.3, -0.25) is 9.59 Å². The van der Waals surface area contributed by atoms with E-state index in [-0.39, 0.29) is 5.69 Å². The van der Waals surface area contributed by atoms with Crippen molar-refractivity contribution in [3.05, 3.63) is 33.7 Å². The zero-order valence-electron chi connectivity index (χ0n) is 6.96. The molecule has 0 aliphatic carbocycles. The van der Waals surface area contributed by atoms with Gasteiger partial charge in [-0.25, -0.2) is 8.78 Å². The molecule has 1 aromatic heterocycles. The number of nitrogens with one attached hydrogen (secondary N) is 1. The van der Waals surface area contributed by atoms with Crippen LogP contribution >= 0.6 is 0 Å². The molecule has 0 saturated carbocycles. The van der Waals surface area contributed by atoms with Crippen LogP contribution in [0.25, 0.3) is 0 Å². The van der Waals surface area contributed by atoms with Crippen molar-refractivity contribution in [2.24, 2.45) is 0 Å². The van der Waals surface area contributed by atoms with Gasteiger partial charge in [0.05, 0.1) is 12.0 Å². The predicted molar refractivity (Wildman–Crippen MR) is 43.4 cm³/mol. The summed E-state index contributed by atoms with van der Waals surface area (Å²) in [6.45, 7) is 0. The van der Waals surface area contributed by atoms with Gasteiger partial charge in [0.2, 0.25) is 0 Å². The monoisotopic (exact) mass is 203 g/mol. The van der Waals surface area contributed by atoms with Gasteiger partial charge >= 0.3 is 5.97 Å². The average Bonchev–Trinajstić information content (AvgIpc) is 2.01. The summed E-state index contributed by atoms with van der Waals surface area (Å²) in [5.74, 6) is -1.13. The van der Waals surface area contributed by atoms with Crippen molar-refractivity contribution in [1.82, 2.24) is 4.98 Å². The summed E-state index contributed by atoms with van der Waals surface area (Å²) < 4.78 is 24.2. The van der Waals surface area contributed by atoms with Crippen LogP contribution in [-0.4, -0.2) is 16.1 Å². The highest BCUT2D eigenvalue weighted by molar-refractivity contribution is 5.69. The summed E-state index contributed by atoms with van der Waals surface area (Å²) in [4.78, 5) is 23.5. The molecule has 0 saturated heterocycles. The molecule has 14 heavy (non-hydrogen) atoms. The van der Waals surface area contributed by atoms with Gasteiger partial charge in [-0.2, -0.15) is 0 Å². The van der Waals surface area contributed by atoms with Gasteiger partial charge in [0, 0.05) is 18.0 Å². The molecule has 0 aromatic carbocycles. The van der Waals surface area contributed by atoms with Crippen molar-refractivity contribution in [1.29, 1.82) is 0 Å². The zero-order chi connectivity index (χ0) is 10.7. The van der Waals surface area contributed by atoms with E-state index in [2.05, 4.69) is 4.98 Å². The third kappa shape index (κ3) is 2.38. The maximum Gasteiger partial charge on any atom is 0.309 e. The lowest BCUT2D eigenvalue weighted by Crippen LogP contribution is -2.12. The number of carbonyl (C=O) groups is 1. The van der Waals surface area contributed by atoms with E-state index in [9.17, 15) is 18.4 Å². The van der Waals surface area contributed by atoms with Crippen LogP contribution in [-0.2, 0) is 11.2 Å². The highest BCUT2D eigenvalue weighted by Crippen LogP contribution is 2.13. The van der Waals surface area contributed by atoms with Crippen LogP contribution in [0.15, 0.2) is 17.1 Å². The summed E-state index contributed by atoms with van der Waals surface area (Å²) in [5.41, 5.74) is -1.40. The van der Waals surface area contributed by atoms with Gasteiger partial charge < -0.3 is 10.1 Å². The Morgan fingerprint density at radius 2 is 2.21 bits per heavy atom. The fourth-order valence-corrected chi connectivity index (χ4v) is 0.960. The fraction of sp³-hybridized carbons (Fsp3) is 0.250. The summed E-state index contributed by atoms with van der Waals surface area (Å²) >= 11 is 0. The fourth-order valence-electron chi connectivity index (χ4n) is 0.960. The number of carboxylic acid groups (broad SMARTS) is 1. The summed E-state index contributed by atoms with van der Waals surface area (Å²) in [7, 11) is 0. The number of aromatic nitrogens is 1. The molecular formula is C8H7F2NO3. The smallest absolute Gasteiger partial charge is 0.309 e. The molecular weight excluding hydrogens is 196 g/mol. The standard InChI is InChI=1S/C8H7F2NO3/c9-8(10)5-3-11-4(1-6(5)12)2-7(13)14/h1,3,8H,2H2,(H,11,12)(H,13,14). The third-order valence-corrected chi connectivity index (χ3v) is 1.58. The van der Waals surface area contributed by atoms with Gasteiger partial charge in [0.15, 0.2) is 5.43 Å². The molecule has 2 N–H and O–H groups in total. The van der Waals surface area contributed by atoms with Crippen LogP contribution < -0.4 is 5.43 Å². The number of aromatic amines is 1. The van der Waals surface area contributed by atoms with Gasteiger partial charge in [0.1, 0.15) is 0 Å². The Hall–Kier alpha value is -1.72. The molecule has 0 fully saturated rings. The summed E-state index contributed by atoms with van der Waals surface area (Å²) in [6, 6.07) is 0.871. The summed E-state index contributed by atoms with van der Waals surface area (Å²) in [6.07, 6.45) is -2.40. The van der Waals surface area contributed by atoms with E-state index < -0.39 is 29.8 Å². The minimum absolute atomic E-state index is 0.104. The largest absolute Gasteiger partial charge is 0.481 e. The van der Waals surface area contributed by atoms with Crippen molar-refractivity contribution in [2.75, 3.05) is 0 Å². The molecule has 0 atom stereocenters. The average molecular weight is 203 g/mol. The maximum absolute atomic E-state index is 12.1. The Bertz CT molecular complexity index is 400. The molecule has 1 heterocycles. The number of hydrogen-bond acceptors (Lipinski definition) is 2. The second kappa shape index (κ2) is 3.99. The van der Waals surface area contributed by atoms with Crippen LogP contribution in [0.5, 0.6) is 0 Å². The lowest BCUT2D eigenvalue weighted by atomic mass is 10.2. The number of H-pyrrole nitrogens is 1. The molecule has 0 unspecified atom stereocenters. The Kier molecular flexibility index (Phi) is 2.95. The lowest BCUT2D eigenvalue weighted by molar-refractivity contribution is -0.136. The SMILES string of the molecule is O=C(O)Cc1cc(=O)c(C(F)F)c[nH]1. The predicted octanol–water partition coefficient (Wildman–Crippen LogP) is 0.940. The van der Waals surface area contributed by atoms with Crippen molar-refractivity contribution >= 4 is 5.97 Å². The minimum Gasteiger partial charge on any atom is -0.481 e. The van der Waals surface area contributed by atoms with Gasteiger partial charge in [-0.05, 0) is 0 Å². The van der Waals surface area contributed by atoms with Crippen LogP contribution in [0.1, 0.15) is 17.7 Å². The third-order valence-electron chi connectivity index (χ3n) is 1.58. The molecule has 1 aromatic rings. The Morgan fingerprint density at radius 3 is 2.64 bits per heavy atom. The normalized spacial score (nSPS) is 10.5. The molecule has 0 aliphatic heterocycles. The van der Waals surface area contributed by atoms with E-state index in [0.29, 0.717) is 0 Å². The van der Waals surface area contributed by atoms with E-state index in [1.54, 1.807) is 0 Å². The number of rotatable bonds is 3. The topological polar surface area (TPSA) is 70.2 Å². The van der Waals surface area contributed by atoms with E-state index in [1.807, 2.05) is 0 Å². The zero-order valence-corrected chi connectivity index (χ0v) is 6.96. The molecule has 0 radical (unpaired) electrons. The van der Waals surface area contributed by atoms with Crippen molar-refractivity contribution in [3.8, 4) is 0 Å². The second-order valence-electron chi connectivity index (χ2n) is 2.65. The first-order chi connectivity index (χ1) is 6.50. The lowest BCUT2D eigenvalue weighted by Gasteiger charge is -2.00. The van der Waals surface area contributed by atoms with E-state index in [4.69, 9.17) is 5.11 Å². The maximum atomic E-state index is 12.1. The first kappa shape index (κ1) is 10.4. The Balaban J connectivity index is 3.01. The molecule has 0 bridgehead atoms. The number of aliphatic carboxylic acids is 1. The highest BCUT2D eigenvalue weighted by Gasteiger charge is 2.12. The number of pyridine rings is 1. The number of carboxylic acids is 1. The van der Waals surface area contributed by atoms with Gasteiger partial charge in [-0.1, -0.05) is 0 Å². The molecule has 0 amide bonds. The van der Waals surface area contributed by atoms with Crippen molar-refractivity contribution < 1.29 is 18.7 Å². The molecule has 4 nitrogen and oxygen atoms in total. The van der Waals surface area contributed by atoms with E-state index >= 15 is 0 Å². The highest BCUT2D eigenvalue weighted by atomic mass is 19.3. The van der Waals surface area contributed by atoms with Crippen molar-refractivity contribution in [2.45, 2.75) is 12.8 Å². The number of alkyl halides is 2. The second-order valence-corrected chi connectivity index (χ2v) is 2.65. The van der Waals surface area contributed by atoms with E-state index in [0.717, 1.165) is 12.3 Å². The van der Waals surface area contributed by atoms with Gasteiger partial charge in [-0.15, -0.1) is 0 Å². The minimum atomic E-state index is -2.85. The van der Waals surface area contributed by atoms with Crippen LogP contribution in [0.3, 0.4) is 0 Å². The van der Waals surface area contributed by atoms with E-state index in [1.165, 1.54) is 0 Å². The van der Waals surface area contributed by atoms with Gasteiger partial charge in [0.25, 0.3) is 6.43 Å². The molecule has 0 aliphatic rings. The van der Waals surface area contributed by atoms with Crippen LogP contribution in [0.4, 0.5) is 8.78 Å². The first-order valence-electron chi connectivity index (χ1n) is 3.72.